The fourth-order valence-corrected chi connectivity index (χ4v) is 4.04. The Bertz CT molecular complexity index is 757. The van der Waals surface area contributed by atoms with Gasteiger partial charge in [-0.1, -0.05) is 49.2 Å². The molecule has 1 amide bonds. The van der Waals surface area contributed by atoms with Gasteiger partial charge >= 0.3 is 0 Å². The Kier molecular flexibility index (Phi) is 7.55. The Labute approximate surface area is 167 Å². The van der Waals surface area contributed by atoms with E-state index >= 15 is 0 Å². The van der Waals surface area contributed by atoms with Gasteiger partial charge in [-0.2, -0.15) is 0 Å². The van der Waals surface area contributed by atoms with Crippen molar-refractivity contribution in [3.05, 3.63) is 59.7 Å². The molecule has 2 aromatic rings. The third-order valence-electron chi connectivity index (χ3n) is 5.54. The number of aryl methyl sites for hydroxylation is 1. The number of para-hydroxylation sites is 2. The molecule has 0 radical (unpaired) electrons. The first-order valence-corrected chi connectivity index (χ1v) is 9.38. The van der Waals surface area contributed by atoms with Crippen molar-refractivity contribution in [3.63, 3.8) is 0 Å². The molecular formula is C22H29ClN2O2. The van der Waals surface area contributed by atoms with E-state index in [1.165, 1.54) is 18.4 Å². The molecule has 0 bridgehead atoms. The molecule has 1 fully saturated rings. The van der Waals surface area contributed by atoms with E-state index in [1.54, 1.807) is 7.11 Å². The number of carbonyl (C=O) groups is 1. The minimum atomic E-state index is -0.0198. The van der Waals surface area contributed by atoms with Gasteiger partial charge in [0.25, 0.3) is 0 Å². The highest BCUT2D eigenvalue weighted by atomic mass is 35.5. The first-order chi connectivity index (χ1) is 12.6. The summed E-state index contributed by atoms with van der Waals surface area (Å²) in [6.45, 7) is 0.663. The van der Waals surface area contributed by atoms with Crippen molar-refractivity contribution in [2.45, 2.75) is 43.9 Å². The number of hydrogen-bond acceptors (Lipinski definition) is 3. The number of nitrogen functional groups attached to an aromatic ring is 1. The molecule has 2 aromatic carbocycles. The summed E-state index contributed by atoms with van der Waals surface area (Å²) in [7, 11) is 1.71. The third-order valence-corrected chi connectivity index (χ3v) is 5.54. The Morgan fingerprint density at radius 1 is 1.11 bits per heavy atom. The van der Waals surface area contributed by atoms with Gasteiger partial charge in [0.05, 0.1) is 7.11 Å². The molecule has 1 aliphatic rings. The summed E-state index contributed by atoms with van der Waals surface area (Å²) < 4.78 is 5.58. The zero-order valence-corrected chi connectivity index (χ0v) is 16.7. The lowest BCUT2D eigenvalue weighted by Gasteiger charge is -2.31. The maximum Gasteiger partial charge on any atom is 0.220 e. The predicted octanol–water partition coefficient (Wildman–Crippen LogP) is 4.26. The number of methoxy groups -OCH3 is 1. The van der Waals surface area contributed by atoms with Crippen LogP contribution < -0.4 is 15.8 Å². The fourth-order valence-electron chi connectivity index (χ4n) is 4.04. The number of halogens is 1. The summed E-state index contributed by atoms with van der Waals surface area (Å²) in [5.41, 5.74) is 8.94. The highest BCUT2D eigenvalue weighted by molar-refractivity contribution is 5.85. The van der Waals surface area contributed by atoms with E-state index in [-0.39, 0.29) is 23.7 Å². The molecule has 3 N–H and O–H groups in total. The first-order valence-electron chi connectivity index (χ1n) is 9.38. The zero-order valence-electron chi connectivity index (χ0n) is 15.9. The van der Waals surface area contributed by atoms with Crippen LogP contribution in [0.5, 0.6) is 5.75 Å². The summed E-state index contributed by atoms with van der Waals surface area (Å²) in [5, 5.41) is 3.17. The summed E-state index contributed by atoms with van der Waals surface area (Å²) in [6, 6.07) is 15.9. The normalized spacial score (nSPS) is 15.0. The monoisotopic (exact) mass is 388 g/mol. The number of carbonyl (C=O) groups excluding carboxylic acids is 1. The van der Waals surface area contributed by atoms with E-state index in [1.807, 2.05) is 36.4 Å². The molecule has 0 heterocycles. The van der Waals surface area contributed by atoms with Gasteiger partial charge in [-0.15, -0.1) is 12.4 Å². The molecule has 3 rings (SSSR count). The molecule has 0 saturated heterocycles. The van der Waals surface area contributed by atoms with Gasteiger partial charge in [-0.25, -0.2) is 0 Å². The molecule has 1 saturated carbocycles. The second-order valence-corrected chi connectivity index (χ2v) is 7.16. The molecule has 5 heteroatoms. The SMILES string of the molecule is COc1ccccc1C1(CNC(=O)CCc2ccccc2N)CCCC1.Cl. The number of ether oxygens (including phenoxy) is 1. The molecule has 0 aliphatic heterocycles. The standard InChI is InChI=1S/C22H28N2O2.ClH/c1-26-20-11-5-3-9-18(20)22(14-6-7-15-22)16-24-21(25)13-12-17-8-2-4-10-19(17)23;/h2-5,8-11H,6-7,12-16,23H2,1H3,(H,24,25);1H. The Morgan fingerprint density at radius 2 is 1.78 bits per heavy atom. The lowest BCUT2D eigenvalue weighted by atomic mass is 9.78. The van der Waals surface area contributed by atoms with Crippen molar-refractivity contribution in [3.8, 4) is 5.75 Å². The number of anilines is 1. The van der Waals surface area contributed by atoms with Gasteiger partial charge in [-0.3, -0.25) is 4.79 Å². The largest absolute Gasteiger partial charge is 0.496 e. The quantitative estimate of drug-likeness (QED) is 0.696. The molecule has 0 spiro atoms. The van der Waals surface area contributed by atoms with Crippen molar-refractivity contribution in [2.75, 3.05) is 19.4 Å². The van der Waals surface area contributed by atoms with Crippen LogP contribution in [0.3, 0.4) is 0 Å². The highest BCUT2D eigenvalue weighted by Crippen LogP contribution is 2.44. The topological polar surface area (TPSA) is 64.3 Å². The van der Waals surface area contributed by atoms with Crippen LogP contribution >= 0.6 is 12.4 Å². The Morgan fingerprint density at radius 3 is 2.48 bits per heavy atom. The summed E-state index contributed by atoms with van der Waals surface area (Å²) >= 11 is 0. The van der Waals surface area contributed by atoms with E-state index in [4.69, 9.17) is 10.5 Å². The predicted molar refractivity (Wildman–Crippen MR) is 113 cm³/mol. The summed E-state index contributed by atoms with van der Waals surface area (Å²) in [6.07, 6.45) is 5.66. The number of hydrogen-bond donors (Lipinski definition) is 2. The molecule has 0 aromatic heterocycles. The average Bonchev–Trinajstić information content (AvgIpc) is 3.16. The van der Waals surface area contributed by atoms with Crippen molar-refractivity contribution >= 4 is 24.0 Å². The van der Waals surface area contributed by atoms with Crippen LogP contribution in [-0.4, -0.2) is 19.6 Å². The van der Waals surface area contributed by atoms with E-state index in [9.17, 15) is 4.79 Å². The van der Waals surface area contributed by atoms with Gasteiger partial charge in [0, 0.05) is 29.6 Å². The van der Waals surface area contributed by atoms with Crippen molar-refractivity contribution < 1.29 is 9.53 Å². The van der Waals surface area contributed by atoms with E-state index < -0.39 is 0 Å². The van der Waals surface area contributed by atoms with Crippen molar-refractivity contribution in [1.82, 2.24) is 5.32 Å². The summed E-state index contributed by atoms with van der Waals surface area (Å²) in [5.74, 6) is 0.995. The van der Waals surface area contributed by atoms with Crippen LogP contribution in [0, 0.1) is 0 Å². The van der Waals surface area contributed by atoms with Crippen LogP contribution in [0.2, 0.25) is 0 Å². The highest BCUT2D eigenvalue weighted by Gasteiger charge is 2.37. The minimum absolute atomic E-state index is 0. The molecule has 4 nitrogen and oxygen atoms in total. The van der Waals surface area contributed by atoms with Crippen molar-refractivity contribution in [1.29, 1.82) is 0 Å². The van der Waals surface area contributed by atoms with Gasteiger partial charge in [0.2, 0.25) is 5.91 Å². The number of benzene rings is 2. The average molecular weight is 389 g/mol. The smallest absolute Gasteiger partial charge is 0.220 e. The van der Waals surface area contributed by atoms with E-state index in [0.29, 0.717) is 19.4 Å². The first kappa shape index (κ1) is 21.1. The number of nitrogens with two attached hydrogens (primary N) is 1. The van der Waals surface area contributed by atoms with Crippen LogP contribution in [0.25, 0.3) is 0 Å². The molecule has 0 atom stereocenters. The second kappa shape index (κ2) is 9.65. The molecule has 1 aliphatic carbocycles. The van der Waals surface area contributed by atoms with Crippen LogP contribution in [0.1, 0.15) is 43.2 Å². The number of amides is 1. The lowest BCUT2D eigenvalue weighted by molar-refractivity contribution is -0.121. The third kappa shape index (κ3) is 4.95. The van der Waals surface area contributed by atoms with Gasteiger partial charge < -0.3 is 15.8 Å². The van der Waals surface area contributed by atoms with Crippen LogP contribution in [0.15, 0.2) is 48.5 Å². The summed E-state index contributed by atoms with van der Waals surface area (Å²) in [4.78, 5) is 12.4. The minimum Gasteiger partial charge on any atom is -0.496 e. The van der Waals surface area contributed by atoms with Crippen molar-refractivity contribution in [2.24, 2.45) is 0 Å². The zero-order chi connectivity index (χ0) is 18.4. The maximum absolute atomic E-state index is 12.4. The van der Waals surface area contributed by atoms with Crippen LogP contribution in [-0.2, 0) is 16.6 Å². The van der Waals surface area contributed by atoms with Gasteiger partial charge in [0.15, 0.2) is 0 Å². The second-order valence-electron chi connectivity index (χ2n) is 7.16. The molecule has 146 valence electrons. The fraction of sp³-hybridized carbons (Fsp3) is 0.409. The lowest BCUT2D eigenvalue weighted by Crippen LogP contribution is -2.39. The van der Waals surface area contributed by atoms with Gasteiger partial charge in [0.1, 0.15) is 5.75 Å². The van der Waals surface area contributed by atoms with E-state index in [0.717, 1.165) is 29.8 Å². The molecular weight excluding hydrogens is 360 g/mol. The maximum atomic E-state index is 12.4. The Balaban J connectivity index is 0.00000261. The molecule has 27 heavy (non-hydrogen) atoms. The Hall–Kier alpha value is -2.20. The van der Waals surface area contributed by atoms with E-state index in [2.05, 4.69) is 17.4 Å². The molecule has 0 unspecified atom stereocenters. The number of rotatable bonds is 7. The number of nitrogens with one attached hydrogen (secondary N) is 1. The van der Waals surface area contributed by atoms with Crippen LogP contribution in [0.4, 0.5) is 5.69 Å². The van der Waals surface area contributed by atoms with Gasteiger partial charge in [-0.05, 0) is 37.0 Å².